The van der Waals surface area contributed by atoms with Crippen molar-refractivity contribution in [2.75, 3.05) is 6.54 Å². The van der Waals surface area contributed by atoms with Gasteiger partial charge < -0.3 is 9.73 Å². The first kappa shape index (κ1) is 10.5. The Balaban J connectivity index is 0.000000853. The van der Waals surface area contributed by atoms with Crippen LogP contribution < -0.4 is 5.32 Å². The van der Waals surface area contributed by atoms with E-state index in [2.05, 4.69) is 30.4 Å². The largest absolute Gasteiger partial charge is 0.459 e. The third-order valence-corrected chi connectivity index (χ3v) is 2.87. The Kier molecular flexibility index (Phi) is 2.72. The predicted molar refractivity (Wildman–Crippen MR) is 63.6 cm³/mol. The van der Waals surface area contributed by atoms with Gasteiger partial charge in [-0.3, -0.25) is 0 Å². The first-order chi connectivity index (χ1) is 6.84. The SMILES string of the molecule is Cc1ccc2oc3c(c2c1)CCNC3.Cl. The van der Waals surface area contributed by atoms with Gasteiger partial charge in [-0.2, -0.15) is 0 Å². The molecule has 0 atom stereocenters. The van der Waals surface area contributed by atoms with E-state index < -0.39 is 0 Å². The summed E-state index contributed by atoms with van der Waals surface area (Å²) in [5, 5.41) is 4.63. The third kappa shape index (κ3) is 1.64. The molecule has 3 rings (SSSR count). The summed E-state index contributed by atoms with van der Waals surface area (Å²) in [6.07, 6.45) is 1.09. The van der Waals surface area contributed by atoms with Crippen LogP contribution in [0.15, 0.2) is 22.6 Å². The van der Waals surface area contributed by atoms with E-state index in [-0.39, 0.29) is 12.4 Å². The zero-order valence-electron chi connectivity index (χ0n) is 8.67. The van der Waals surface area contributed by atoms with E-state index in [0.29, 0.717) is 0 Å². The van der Waals surface area contributed by atoms with Crippen LogP contribution in [0.2, 0.25) is 0 Å². The molecule has 0 radical (unpaired) electrons. The molecule has 1 N–H and O–H groups in total. The fourth-order valence-corrected chi connectivity index (χ4v) is 2.15. The third-order valence-electron chi connectivity index (χ3n) is 2.87. The molecule has 0 bridgehead atoms. The Hall–Kier alpha value is -0.990. The minimum atomic E-state index is 0. The van der Waals surface area contributed by atoms with Gasteiger partial charge in [-0.25, -0.2) is 0 Å². The highest BCUT2D eigenvalue weighted by atomic mass is 35.5. The van der Waals surface area contributed by atoms with Crippen molar-refractivity contribution < 1.29 is 4.42 Å². The number of nitrogens with one attached hydrogen (secondary N) is 1. The topological polar surface area (TPSA) is 25.2 Å². The molecule has 0 saturated carbocycles. The molecule has 1 aromatic carbocycles. The first-order valence-electron chi connectivity index (χ1n) is 5.06. The highest BCUT2D eigenvalue weighted by molar-refractivity contribution is 5.85. The molecule has 1 aromatic heterocycles. The second kappa shape index (κ2) is 3.87. The number of halogens is 1. The number of rotatable bonds is 0. The lowest BCUT2D eigenvalue weighted by atomic mass is 10.0. The second-order valence-corrected chi connectivity index (χ2v) is 3.93. The molecule has 0 aliphatic carbocycles. The highest BCUT2D eigenvalue weighted by Gasteiger charge is 2.16. The monoisotopic (exact) mass is 223 g/mol. The lowest BCUT2D eigenvalue weighted by molar-refractivity contribution is 0.488. The molecule has 1 aliphatic heterocycles. The van der Waals surface area contributed by atoms with Gasteiger partial charge in [0.2, 0.25) is 0 Å². The van der Waals surface area contributed by atoms with Crippen LogP contribution in [0.5, 0.6) is 0 Å². The van der Waals surface area contributed by atoms with Crippen LogP contribution in [0.4, 0.5) is 0 Å². The molecule has 2 heterocycles. The van der Waals surface area contributed by atoms with E-state index in [1.807, 2.05) is 0 Å². The van der Waals surface area contributed by atoms with Gasteiger partial charge in [-0.15, -0.1) is 12.4 Å². The zero-order chi connectivity index (χ0) is 9.54. The van der Waals surface area contributed by atoms with E-state index in [4.69, 9.17) is 4.42 Å². The summed E-state index contributed by atoms with van der Waals surface area (Å²) in [4.78, 5) is 0. The van der Waals surface area contributed by atoms with Crippen molar-refractivity contribution in [2.45, 2.75) is 19.9 Å². The number of hydrogen-bond acceptors (Lipinski definition) is 2. The van der Waals surface area contributed by atoms with Gasteiger partial charge in [-0.05, 0) is 32.0 Å². The summed E-state index contributed by atoms with van der Waals surface area (Å²) in [7, 11) is 0. The molecule has 80 valence electrons. The highest BCUT2D eigenvalue weighted by Crippen LogP contribution is 2.28. The van der Waals surface area contributed by atoms with Crippen LogP contribution in [0.1, 0.15) is 16.9 Å². The second-order valence-electron chi connectivity index (χ2n) is 3.93. The normalized spacial score (nSPS) is 14.7. The lowest BCUT2D eigenvalue weighted by Crippen LogP contribution is -2.22. The number of fused-ring (bicyclic) bond motifs is 3. The fraction of sp³-hybridized carbons (Fsp3) is 0.333. The van der Waals surface area contributed by atoms with Crippen molar-refractivity contribution in [1.29, 1.82) is 0 Å². The van der Waals surface area contributed by atoms with E-state index in [1.54, 1.807) is 0 Å². The number of furan rings is 1. The Morgan fingerprint density at radius 2 is 2.20 bits per heavy atom. The molecule has 0 spiro atoms. The molecular weight excluding hydrogens is 210 g/mol. The Bertz CT molecular complexity index is 490. The maximum absolute atomic E-state index is 5.78. The van der Waals surface area contributed by atoms with E-state index in [0.717, 1.165) is 30.9 Å². The summed E-state index contributed by atoms with van der Waals surface area (Å²) in [5.41, 5.74) is 3.74. The van der Waals surface area contributed by atoms with Crippen molar-refractivity contribution in [3.63, 3.8) is 0 Å². The van der Waals surface area contributed by atoms with E-state index in [1.165, 1.54) is 16.5 Å². The standard InChI is InChI=1S/C12H13NO.ClH/c1-8-2-3-11-10(6-8)9-4-5-13-7-12(9)14-11;/h2-3,6,13H,4-5,7H2,1H3;1H. The van der Waals surface area contributed by atoms with Gasteiger partial charge in [0, 0.05) is 10.9 Å². The molecule has 15 heavy (non-hydrogen) atoms. The molecule has 0 saturated heterocycles. The molecule has 0 fully saturated rings. The van der Waals surface area contributed by atoms with Crippen molar-refractivity contribution in [1.82, 2.24) is 5.32 Å². The fourth-order valence-electron chi connectivity index (χ4n) is 2.15. The van der Waals surface area contributed by atoms with Gasteiger partial charge in [0.1, 0.15) is 11.3 Å². The maximum atomic E-state index is 5.78. The zero-order valence-corrected chi connectivity index (χ0v) is 9.49. The summed E-state index contributed by atoms with van der Waals surface area (Å²) >= 11 is 0. The Labute approximate surface area is 95.1 Å². The van der Waals surface area contributed by atoms with Crippen LogP contribution in [0, 0.1) is 6.92 Å². The average molecular weight is 224 g/mol. The summed E-state index contributed by atoms with van der Waals surface area (Å²) < 4.78 is 5.78. The van der Waals surface area contributed by atoms with Crippen LogP contribution in [-0.4, -0.2) is 6.54 Å². The number of aryl methyl sites for hydroxylation is 1. The predicted octanol–water partition coefficient (Wildman–Crippen LogP) is 2.81. The summed E-state index contributed by atoms with van der Waals surface area (Å²) in [6.45, 7) is 4.07. The average Bonchev–Trinajstić information content (AvgIpc) is 2.56. The first-order valence-corrected chi connectivity index (χ1v) is 5.06. The van der Waals surface area contributed by atoms with Crippen molar-refractivity contribution >= 4 is 23.4 Å². The van der Waals surface area contributed by atoms with Crippen molar-refractivity contribution in [3.05, 3.63) is 35.1 Å². The van der Waals surface area contributed by atoms with E-state index in [9.17, 15) is 0 Å². The molecule has 3 heteroatoms. The van der Waals surface area contributed by atoms with Gasteiger partial charge in [0.15, 0.2) is 0 Å². The van der Waals surface area contributed by atoms with Crippen LogP contribution >= 0.6 is 12.4 Å². The molecule has 0 unspecified atom stereocenters. The maximum Gasteiger partial charge on any atom is 0.134 e. The molecule has 2 nitrogen and oxygen atoms in total. The molecule has 0 amide bonds. The lowest BCUT2D eigenvalue weighted by Gasteiger charge is -2.10. The van der Waals surface area contributed by atoms with Gasteiger partial charge in [0.05, 0.1) is 6.54 Å². The minimum absolute atomic E-state index is 0. The minimum Gasteiger partial charge on any atom is -0.459 e. The van der Waals surface area contributed by atoms with E-state index >= 15 is 0 Å². The van der Waals surface area contributed by atoms with Gasteiger partial charge in [-0.1, -0.05) is 11.6 Å². The summed E-state index contributed by atoms with van der Waals surface area (Å²) in [6, 6.07) is 6.40. The molecular formula is C12H14ClNO. The van der Waals surface area contributed by atoms with Crippen LogP contribution in [-0.2, 0) is 13.0 Å². The molecule has 1 aliphatic rings. The number of benzene rings is 1. The summed E-state index contributed by atoms with van der Waals surface area (Å²) in [5.74, 6) is 1.12. The van der Waals surface area contributed by atoms with Crippen LogP contribution in [0.25, 0.3) is 11.0 Å². The smallest absolute Gasteiger partial charge is 0.134 e. The van der Waals surface area contributed by atoms with Crippen LogP contribution in [0.3, 0.4) is 0 Å². The Morgan fingerprint density at radius 3 is 3.07 bits per heavy atom. The van der Waals surface area contributed by atoms with Gasteiger partial charge in [0.25, 0.3) is 0 Å². The number of hydrogen-bond donors (Lipinski definition) is 1. The quantitative estimate of drug-likeness (QED) is 0.743. The van der Waals surface area contributed by atoms with Crippen molar-refractivity contribution in [3.8, 4) is 0 Å². The Morgan fingerprint density at radius 1 is 1.33 bits per heavy atom. The van der Waals surface area contributed by atoms with Crippen molar-refractivity contribution in [2.24, 2.45) is 0 Å². The van der Waals surface area contributed by atoms with Gasteiger partial charge >= 0.3 is 0 Å². The molecule has 2 aromatic rings.